The summed E-state index contributed by atoms with van der Waals surface area (Å²) in [6.45, 7) is 0. The first kappa shape index (κ1) is 11.5. The molecule has 0 aliphatic heterocycles. The Balaban J connectivity index is 1.82. The molecular formula is C16H13BrO. The van der Waals surface area contributed by atoms with Gasteiger partial charge in [-0.25, -0.2) is 0 Å². The van der Waals surface area contributed by atoms with Crippen LogP contribution in [0.5, 0.6) is 5.75 Å². The SMILES string of the molecule is Brc1ccc(OC2C=CC=C3CC=CC=C32)cc1. The summed E-state index contributed by atoms with van der Waals surface area (Å²) >= 11 is 3.43. The number of allylic oxidation sites excluding steroid dienone is 5. The third-order valence-corrected chi connectivity index (χ3v) is 3.62. The van der Waals surface area contributed by atoms with Gasteiger partial charge in [0, 0.05) is 4.47 Å². The molecule has 0 spiro atoms. The highest BCUT2D eigenvalue weighted by Gasteiger charge is 2.19. The van der Waals surface area contributed by atoms with Gasteiger partial charge in [-0.2, -0.15) is 0 Å². The molecule has 0 amide bonds. The van der Waals surface area contributed by atoms with Crippen molar-refractivity contribution in [3.05, 3.63) is 76.3 Å². The molecule has 1 aromatic rings. The Bertz CT molecular complexity index is 561. The summed E-state index contributed by atoms with van der Waals surface area (Å²) in [5.41, 5.74) is 2.62. The van der Waals surface area contributed by atoms with Crippen LogP contribution in [0.15, 0.2) is 76.3 Å². The quantitative estimate of drug-likeness (QED) is 0.777. The molecule has 1 aromatic carbocycles. The average molecular weight is 301 g/mol. The van der Waals surface area contributed by atoms with Crippen LogP contribution in [0.1, 0.15) is 6.42 Å². The van der Waals surface area contributed by atoms with Crippen molar-refractivity contribution in [2.75, 3.05) is 0 Å². The van der Waals surface area contributed by atoms with Crippen LogP contribution in [0.4, 0.5) is 0 Å². The van der Waals surface area contributed by atoms with E-state index >= 15 is 0 Å². The highest BCUT2D eigenvalue weighted by atomic mass is 79.9. The lowest BCUT2D eigenvalue weighted by Crippen LogP contribution is -2.20. The van der Waals surface area contributed by atoms with E-state index in [0.29, 0.717) is 0 Å². The van der Waals surface area contributed by atoms with Crippen LogP contribution in [0, 0.1) is 0 Å². The summed E-state index contributed by atoms with van der Waals surface area (Å²) in [6.07, 6.45) is 13.8. The fourth-order valence-corrected chi connectivity index (χ4v) is 2.44. The minimum absolute atomic E-state index is 0.0242. The number of ether oxygens (including phenoxy) is 1. The molecule has 0 saturated carbocycles. The van der Waals surface area contributed by atoms with E-state index in [4.69, 9.17) is 4.74 Å². The number of rotatable bonds is 2. The van der Waals surface area contributed by atoms with E-state index in [1.54, 1.807) is 0 Å². The molecule has 90 valence electrons. The molecule has 1 unspecified atom stereocenters. The van der Waals surface area contributed by atoms with Crippen LogP contribution in [0.3, 0.4) is 0 Å². The zero-order chi connectivity index (χ0) is 12.4. The summed E-state index contributed by atoms with van der Waals surface area (Å²) in [7, 11) is 0. The van der Waals surface area contributed by atoms with Gasteiger partial charge in [0.1, 0.15) is 11.9 Å². The van der Waals surface area contributed by atoms with E-state index in [1.807, 2.05) is 24.3 Å². The molecule has 2 aliphatic rings. The topological polar surface area (TPSA) is 9.23 Å². The minimum Gasteiger partial charge on any atom is -0.482 e. The van der Waals surface area contributed by atoms with Crippen molar-refractivity contribution in [3.8, 4) is 5.75 Å². The fourth-order valence-electron chi connectivity index (χ4n) is 2.17. The van der Waals surface area contributed by atoms with E-state index in [9.17, 15) is 0 Å². The van der Waals surface area contributed by atoms with Crippen molar-refractivity contribution in [2.24, 2.45) is 0 Å². The second-order valence-electron chi connectivity index (χ2n) is 4.32. The van der Waals surface area contributed by atoms with Gasteiger partial charge < -0.3 is 4.74 Å². The minimum atomic E-state index is 0.0242. The first-order chi connectivity index (χ1) is 8.83. The molecule has 0 fully saturated rings. The molecule has 0 heterocycles. The first-order valence-corrected chi connectivity index (χ1v) is 6.79. The molecular weight excluding hydrogens is 288 g/mol. The van der Waals surface area contributed by atoms with Crippen LogP contribution < -0.4 is 4.74 Å². The van der Waals surface area contributed by atoms with Crippen LogP contribution in [-0.2, 0) is 0 Å². The monoisotopic (exact) mass is 300 g/mol. The zero-order valence-corrected chi connectivity index (χ0v) is 11.4. The van der Waals surface area contributed by atoms with Crippen molar-refractivity contribution >= 4 is 15.9 Å². The Labute approximate surface area is 115 Å². The Hall–Kier alpha value is -1.54. The largest absolute Gasteiger partial charge is 0.482 e. The lowest BCUT2D eigenvalue weighted by molar-refractivity contribution is 0.284. The molecule has 0 saturated heterocycles. The van der Waals surface area contributed by atoms with Crippen molar-refractivity contribution in [1.82, 2.24) is 0 Å². The first-order valence-electron chi connectivity index (χ1n) is 5.99. The summed E-state index contributed by atoms with van der Waals surface area (Å²) in [6, 6.07) is 7.95. The van der Waals surface area contributed by atoms with E-state index in [-0.39, 0.29) is 6.10 Å². The normalized spacial score (nSPS) is 21.1. The molecule has 0 bridgehead atoms. The average Bonchev–Trinajstić information content (AvgIpc) is 2.42. The van der Waals surface area contributed by atoms with Crippen molar-refractivity contribution in [2.45, 2.75) is 12.5 Å². The summed E-state index contributed by atoms with van der Waals surface area (Å²) in [4.78, 5) is 0. The zero-order valence-electron chi connectivity index (χ0n) is 9.84. The lowest BCUT2D eigenvalue weighted by atomic mass is 9.90. The fraction of sp³-hybridized carbons (Fsp3) is 0.125. The second kappa shape index (κ2) is 4.99. The molecule has 2 aliphatic carbocycles. The Morgan fingerprint density at radius 3 is 2.72 bits per heavy atom. The molecule has 18 heavy (non-hydrogen) atoms. The van der Waals surface area contributed by atoms with Gasteiger partial charge in [0.15, 0.2) is 0 Å². The van der Waals surface area contributed by atoms with Crippen molar-refractivity contribution in [1.29, 1.82) is 0 Å². The van der Waals surface area contributed by atoms with Gasteiger partial charge in [-0.15, -0.1) is 0 Å². The highest BCUT2D eigenvalue weighted by Crippen LogP contribution is 2.29. The van der Waals surface area contributed by atoms with Gasteiger partial charge in [0.2, 0.25) is 0 Å². The van der Waals surface area contributed by atoms with Gasteiger partial charge in [-0.3, -0.25) is 0 Å². The van der Waals surface area contributed by atoms with E-state index in [1.165, 1.54) is 11.1 Å². The van der Waals surface area contributed by atoms with Gasteiger partial charge >= 0.3 is 0 Å². The lowest BCUT2D eigenvalue weighted by Gasteiger charge is -2.24. The number of benzene rings is 1. The Morgan fingerprint density at radius 2 is 1.89 bits per heavy atom. The van der Waals surface area contributed by atoms with Gasteiger partial charge in [-0.1, -0.05) is 46.3 Å². The maximum absolute atomic E-state index is 6.03. The molecule has 0 N–H and O–H groups in total. The molecule has 3 rings (SSSR count). The standard InChI is InChI=1S/C16H13BrO/c17-13-8-10-14(11-9-13)18-16-7-3-5-12-4-1-2-6-15(12)16/h1-3,5-11,16H,4H2. The number of hydrogen-bond acceptors (Lipinski definition) is 1. The highest BCUT2D eigenvalue weighted by molar-refractivity contribution is 9.10. The van der Waals surface area contributed by atoms with Gasteiger partial charge in [0.25, 0.3) is 0 Å². The third kappa shape index (κ3) is 2.34. The second-order valence-corrected chi connectivity index (χ2v) is 5.24. The predicted octanol–water partition coefficient (Wildman–Crippen LogP) is 4.58. The molecule has 0 radical (unpaired) electrons. The predicted molar refractivity (Wildman–Crippen MR) is 77.6 cm³/mol. The smallest absolute Gasteiger partial charge is 0.143 e. The van der Waals surface area contributed by atoms with Gasteiger partial charge in [-0.05, 0) is 47.9 Å². The summed E-state index contributed by atoms with van der Waals surface area (Å²) in [5.74, 6) is 0.893. The molecule has 1 atom stereocenters. The maximum Gasteiger partial charge on any atom is 0.143 e. The molecule has 0 aromatic heterocycles. The number of fused-ring (bicyclic) bond motifs is 1. The van der Waals surface area contributed by atoms with E-state index in [0.717, 1.165) is 16.6 Å². The van der Waals surface area contributed by atoms with Crippen LogP contribution in [-0.4, -0.2) is 6.10 Å². The van der Waals surface area contributed by atoms with E-state index in [2.05, 4.69) is 52.4 Å². The van der Waals surface area contributed by atoms with Crippen molar-refractivity contribution < 1.29 is 4.74 Å². The van der Waals surface area contributed by atoms with Crippen molar-refractivity contribution in [3.63, 3.8) is 0 Å². The number of hydrogen-bond donors (Lipinski definition) is 0. The summed E-state index contributed by atoms with van der Waals surface area (Å²) in [5, 5.41) is 0. The van der Waals surface area contributed by atoms with E-state index < -0.39 is 0 Å². The van der Waals surface area contributed by atoms with Crippen LogP contribution in [0.2, 0.25) is 0 Å². The van der Waals surface area contributed by atoms with Crippen LogP contribution >= 0.6 is 15.9 Å². The van der Waals surface area contributed by atoms with Crippen LogP contribution in [0.25, 0.3) is 0 Å². The maximum atomic E-state index is 6.03. The Morgan fingerprint density at radius 1 is 1.06 bits per heavy atom. The summed E-state index contributed by atoms with van der Waals surface area (Å²) < 4.78 is 7.09. The molecule has 1 nitrogen and oxygen atoms in total. The van der Waals surface area contributed by atoms with Gasteiger partial charge in [0.05, 0.1) is 0 Å². The molecule has 2 heteroatoms. The Kier molecular flexibility index (Phi) is 3.20. The third-order valence-electron chi connectivity index (χ3n) is 3.09. The number of halogens is 1.